The number of nitrogens with one attached hydrogen (secondary N) is 1. The van der Waals surface area contributed by atoms with Crippen LogP contribution in [0.4, 0.5) is 4.79 Å². The highest BCUT2D eigenvalue weighted by atomic mass is 35.5. The number of piperidine rings is 1. The van der Waals surface area contributed by atoms with Gasteiger partial charge in [0.05, 0.1) is 16.3 Å². The lowest BCUT2D eigenvalue weighted by Gasteiger charge is -2.39. The fourth-order valence-electron chi connectivity index (χ4n) is 6.66. The van der Waals surface area contributed by atoms with E-state index < -0.39 is 31.4 Å². The van der Waals surface area contributed by atoms with Gasteiger partial charge in [-0.25, -0.2) is 21.6 Å². The zero-order chi connectivity index (χ0) is 31.1. The number of carbonyl (C=O) groups excluding carboxylic acids is 2. The minimum absolute atomic E-state index is 0. The Hall–Kier alpha value is -3.29. The van der Waals surface area contributed by atoms with Crippen LogP contribution in [0.3, 0.4) is 0 Å². The molecule has 6 rings (SSSR count). The summed E-state index contributed by atoms with van der Waals surface area (Å²) in [6.45, 7) is 2.72. The Morgan fingerprint density at radius 3 is 2.00 bits per heavy atom. The molecule has 3 heterocycles. The lowest BCUT2D eigenvalue weighted by molar-refractivity contribution is -0.133. The molecule has 3 fully saturated rings. The summed E-state index contributed by atoms with van der Waals surface area (Å²) >= 11 is 0. The van der Waals surface area contributed by atoms with Crippen LogP contribution in [0.25, 0.3) is 0 Å². The average molecular weight is 673 g/mol. The van der Waals surface area contributed by atoms with Crippen molar-refractivity contribution in [3.8, 4) is 0 Å². The summed E-state index contributed by atoms with van der Waals surface area (Å²) in [6.07, 6.45) is 2.04. The predicted molar refractivity (Wildman–Crippen MR) is 172 cm³/mol. The third kappa shape index (κ3) is 6.66. The van der Waals surface area contributed by atoms with Gasteiger partial charge >= 0.3 is 6.03 Å². The summed E-state index contributed by atoms with van der Waals surface area (Å²) in [5, 5.41) is 2.95. The highest BCUT2D eigenvalue weighted by Gasteiger charge is 2.52. The minimum Gasteiger partial charge on any atom is -0.323 e. The molecule has 2 atom stereocenters. The van der Waals surface area contributed by atoms with Crippen LogP contribution in [0.2, 0.25) is 0 Å². The van der Waals surface area contributed by atoms with Crippen LogP contribution in [0.5, 0.6) is 0 Å². The smallest absolute Gasteiger partial charge is 0.323 e. The quantitative estimate of drug-likeness (QED) is 0.364. The number of halogens is 1. The molecule has 0 aliphatic carbocycles. The summed E-state index contributed by atoms with van der Waals surface area (Å²) in [5.41, 5.74) is 0.797. The molecule has 3 saturated heterocycles. The molecule has 1 spiro atoms. The van der Waals surface area contributed by atoms with Gasteiger partial charge in [-0.2, -0.15) is 4.31 Å². The van der Waals surface area contributed by atoms with Crippen LogP contribution in [0.1, 0.15) is 29.9 Å². The third-order valence-electron chi connectivity index (χ3n) is 9.16. The Labute approximate surface area is 270 Å². The maximum absolute atomic E-state index is 13.6. The van der Waals surface area contributed by atoms with Crippen LogP contribution in [0.15, 0.2) is 94.7 Å². The van der Waals surface area contributed by atoms with Gasteiger partial charge in [0.1, 0.15) is 5.54 Å². The number of amides is 3. The molecule has 3 amide bonds. The van der Waals surface area contributed by atoms with E-state index in [0.29, 0.717) is 56.0 Å². The van der Waals surface area contributed by atoms with E-state index in [4.69, 9.17) is 0 Å². The van der Waals surface area contributed by atoms with Crippen molar-refractivity contribution >= 4 is 44.2 Å². The van der Waals surface area contributed by atoms with Gasteiger partial charge in [-0.1, -0.05) is 60.7 Å². The highest BCUT2D eigenvalue weighted by Crippen LogP contribution is 2.38. The van der Waals surface area contributed by atoms with Crippen molar-refractivity contribution in [3.05, 3.63) is 96.1 Å². The Morgan fingerprint density at radius 1 is 0.800 bits per heavy atom. The first-order valence-corrected chi connectivity index (χ1v) is 18.1. The molecule has 0 saturated carbocycles. The number of urea groups is 1. The van der Waals surface area contributed by atoms with E-state index >= 15 is 0 Å². The number of imide groups is 1. The van der Waals surface area contributed by atoms with E-state index in [9.17, 15) is 26.4 Å². The van der Waals surface area contributed by atoms with Gasteiger partial charge in [-0.15, -0.1) is 12.4 Å². The molecule has 3 aliphatic rings. The number of sulfonamides is 1. The number of nitrogens with zero attached hydrogens (tertiary/aromatic N) is 3. The molecule has 0 aromatic heterocycles. The second-order valence-electron chi connectivity index (χ2n) is 12.0. The number of rotatable bonds is 8. The lowest BCUT2D eigenvalue weighted by atomic mass is 9.85. The van der Waals surface area contributed by atoms with Gasteiger partial charge in [-0.05, 0) is 54.2 Å². The summed E-state index contributed by atoms with van der Waals surface area (Å²) in [5.74, 6) is -0.175. The molecule has 3 aromatic rings. The monoisotopic (exact) mass is 672 g/mol. The Bertz CT molecular complexity index is 1750. The molecule has 240 valence electrons. The van der Waals surface area contributed by atoms with Gasteiger partial charge in [-0.3, -0.25) is 9.69 Å². The molecule has 1 N–H and O–H groups in total. The minimum atomic E-state index is -3.64. The first kappa shape index (κ1) is 33.1. The van der Waals surface area contributed by atoms with Crippen LogP contribution < -0.4 is 5.32 Å². The zero-order valence-electron chi connectivity index (χ0n) is 24.9. The maximum Gasteiger partial charge on any atom is 0.325 e. The number of hydrogen-bond donors (Lipinski definition) is 1. The topological polar surface area (TPSA) is 124 Å². The van der Waals surface area contributed by atoms with Crippen molar-refractivity contribution in [2.24, 2.45) is 5.92 Å². The number of benzene rings is 3. The van der Waals surface area contributed by atoms with Crippen molar-refractivity contribution in [2.45, 2.75) is 40.6 Å². The summed E-state index contributed by atoms with van der Waals surface area (Å²) in [4.78, 5) is 30.4. The van der Waals surface area contributed by atoms with Crippen LogP contribution >= 0.6 is 12.4 Å². The van der Waals surface area contributed by atoms with E-state index in [1.165, 1.54) is 17.0 Å². The molecule has 3 aromatic carbocycles. The van der Waals surface area contributed by atoms with Gasteiger partial charge in [0, 0.05) is 44.9 Å². The Morgan fingerprint density at radius 2 is 1.40 bits per heavy atom. The summed E-state index contributed by atoms with van der Waals surface area (Å²) in [6, 6.07) is 24.3. The number of sulfone groups is 1. The lowest BCUT2D eigenvalue weighted by Crippen LogP contribution is -2.55. The standard InChI is InChI=1S/C32H36N4O6S2.ClH/c1-43(39,40)27-14-12-24(13-15-27)20-36-30(37)32(33-31(36)38)16-18-34(19-17-32)21-26-22-35(23-29(26)25-8-4-2-5-9-25)44(41,42)28-10-6-3-7-11-28;/h2-15,26,29H,16-23H2,1H3,(H,33,38);1H/t26-,29+;/m0./s1. The van der Waals surface area contributed by atoms with Crippen LogP contribution in [0, 0.1) is 5.92 Å². The fourth-order valence-corrected chi connectivity index (χ4v) is 8.84. The fraction of sp³-hybridized carbons (Fsp3) is 0.375. The Balaban J connectivity index is 0.00000400. The van der Waals surface area contributed by atoms with Crippen molar-refractivity contribution in [2.75, 3.05) is 39.0 Å². The molecular formula is C32H37ClN4O6S2. The van der Waals surface area contributed by atoms with Crippen molar-refractivity contribution in [1.29, 1.82) is 0 Å². The van der Waals surface area contributed by atoms with Crippen LogP contribution in [-0.2, 0) is 31.2 Å². The number of hydrogen-bond acceptors (Lipinski definition) is 7. The molecule has 10 nitrogen and oxygen atoms in total. The molecule has 0 bridgehead atoms. The van der Waals surface area contributed by atoms with E-state index in [1.54, 1.807) is 46.8 Å². The normalized spacial score (nSPS) is 22.4. The highest BCUT2D eigenvalue weighted by molar-refractivity contribution is 7.90. The third-order valence-corrected chi connectivity index (χ3v) is 12.1. The average Bonchev–Trinajstić information content (AvgIpc) is 3.54. The van der Waals surface area contributed by atoms with Gasteiger partial charge in [0.2, 0.25) is 10.0 Å². The number of likely N-dealkylation sites (tertiary alicyclic amines) is 1. The van der Waals surface area contributed by atoms with Crippen molar-refractivity contribution in [3.63, 3.8) is 0 Å². The van der Waals surface area contributed by atoms with E-state index in [-0.39, 0.29) is 41.6 Å². The van der Waals surface area contributed by atoms with E-state index in [1.807, 2.05) is 18.2 Å². The molecule has 3 aliphatic heterocycles. The van der Waals surface area contributed by atoms with E-state index in [0.717, 1.165) is 11.8 Å². The second-order valence-corrected chi connectivity index (χ2v) is 16.0. The first-order chi connectivity index (χ1) is 21.0. The SMILES string of the molecule is CS(=O)(=O)c1ccc(CN2C(=O)NC3(CCN(C[C@H]4CN(S(=O)(=O)c5ccccc5)C[C@@H]4c4ccccc4)CC3)C2=O)cc1.Cl. The number of carbonyl (C=O) groups is 2. The van der Waals surface area contributed by atoms with Crippen LogP contribution in [-0.4, -0.2) is 87.4 Å². The summed E-state index contributed by atoms with van der Waals surface area (Å²) in [7, 11) is -6.98. The first-order valence-electron chi connectivity index (χ1n) is 14.7. The molecule has 45 heavy (non-hydrogen) atoms. The molecule has 13 heteroatoms. The Kier molecular flexibility index (Phi) is 9.44. The molecule has 0 radical (unpaired) electrons. The zero-order valence-corrected chi connectivity index (χ0v) is 27.4. The predicted octanol–water partition coefficient (Wildman–Crippen LogP) is 3.50. The maximum atomic E-state index is 13.6. The van der Waals surface area contributed by atoms with Gasteiger partial charge < -0.3 is 10.2 Å². The van der Waals surface area contributed by atoms with E-state index in [2.05, 4.69) is 22.3 Å². The van der Waals surface area contributed by atoms with Gasteiger partial charge in [0.25, 0.3) is 5.91 Å². The second kappa shape index (κ2) is 12.8. The molecule has 0 unspecified atom stereocenters. The molecular weight excluding hydrogens is 636 g/mol. The van der Waals surface area contributed by atoms with Crippen molar-refractivity contribution in [1.82, 2.24) is 19.4 Å². The van der Waals surface area contributed by atoms with Crippen molar-refractivity contribution < 1.29 is 26.4 Å². The largest absolute Gasteiger partial charge is 0.325 e. The summed E-state index contributed by atoms with van der Waals surface area (Å²) < 4.78 is 52.2. The van der Waals surface area contributed by atoms with Gasteiger partial charge in [0.15, 0.2) is 9.84 Å².